The molecule has 12 heteroatoms. The number of carbonyl (C=O) groups excluding carboxylic acids is 1. The number of hydrogen-bond acceptors (Lipinski definition) is 9. The van der Waals surface area contributed by atoms with Gasteiger partial charge in [0.1, 0.15) is 24.4 Å². The quantitative estimate of drug-likeness (QED) is 0.448. The lowest BCUT2D eigenvalue weighted by Gasteiger charge is -2.14. The third kappa shape index (κ3) is 3.85. The summed E-state index contributed by atoms with van der Waals surface area (Å²) in [7, 11) is 1.66. The first-order valence-corrected chi connectivity index (χ1v) is 9.58. The van der Waals surface area contributed by atoms with E-state index < -0.39 is 18.0 Å². The molecule has 0 bridgehead atoms. The monoisotopic (exact) mass is 437 g/mol. The minimum atomic E-state index is -0.576. The zero-order valence-electron chi connectivity index (χ0n) is 16.8. The average Bonchev–Trinajstić information content (AvgIpc) is 3.54. The van der Waals surface area contributed by atoms with Gasteiger partial charge in [-0.05, 0) is 34.6 Å². The summed E-state index contributed by atoms with van der Waals surface area (Å²) in [6, 6.07) is 9.49. The molecule has 3 aromatic heterocycles. The number of aromatic nitrogens is 6. The van der Waals surface area contributed by atoms with Crippen LogP contribution in [0.25, 0.3) is 22.6 Å². The van der Waals surface area contributed by atoms with Crippen molar-refractivity contribution in [1.82, 2.24) is 30.3 Å². The molecule has 1 aromatic carbocycles. The number of aryl methyl sites for hydroxylation is 1. The van der Waals surface area contributed by atoms with Crippen molar-refractivity contribution in [3.8, 4) is 28.5 Å². The van der Waals surface area contributed by atoms with Gasteiger partial charge < -0.3 is 14.0 Å². The van der Waals surface area contributed by atoms with Crippen molar-refractivity contribution in [2.24, 2.45) is 7.05 Å². The van der Waals surface area contributed by atoms with Crippen LogP contribution in [0, 0.1) is 5.82 Å². The standard InChI is InChI=1S/C20H16FN7O4/c1-27-24-19(23-26-27)17-5-2-12(9-22-17)15-4-3-13(8-16(15)21)28-10-14(32-20(28)29)11-30-18-6-7-31-25-18/h2-9,14H,10-11H2,1H3/t14-/m1/s1. The molecule has 162 valence electrons. The van der Waals surface area contributed by atoms with Gasteiger partial charge >= 0.3 is 6.09 Å². The maximum Gasteiger partial charge on any atom is 0.414 e. The topological polar surface area (TPSA) is 121 Å². The van der Waals surface area contributed by atoms with Crippen molar-refractivity contribution in [2.45, 2.75) is 6.10 Å². The minimum absolute atomic E-state index is 0.105. The number of amides is 1. The highest BCUT2D eigenvalue weighted by molar-refractivity contribution is 5.90. The van der Waals surface area contributed by atoms with Gasteiger partial charge in [0, 0.05) is 23.4 Å². The highest BCUT2D eigenvalue weighted by Crippen LogP contribution is 2.29. The Balaban J connectivity index is 1.29. The predicted octanol–water partition coefficient (Wildman–Crippen LogP) is 2.47. The van der Waals surface area contributed by atoms with E-state index in [-0.39, 0.29) is 13.2 Å². The smallest absolute Gasteiger partial charge is 0.414 e. The fourth-order valence-electron chi connectivity index (χ4n) is 3.25. The van der Waals surface area contributed by atoms with E-state index in [0.29, 0.717) is 34.2 Å². The second-order valence-corrected chi connectivity index (χ2v) is 6.96. The van der Waals surface area contributed by atoms with Gasteiger partial charge in [-0.15, -0.1) is 10.2 Å². The molecule has 32 heavy (non-hydrogen) atoms. The van der Waals surface area contributed by atoms with Gasteiger partial charge in [-0.25, -0.2) is 9.18 Å². The lowest BCUT2D eigenvalue weighted by Crippen LogP contribution is -2.26. The zero-order chi connectivity index (χ0) is 22.1. The van der Waals surface area contributed by atoms with Crippen molar-refractivity contribution in [1.29, 1.82) is 0 Å². The van der Waals surface area contributed by atoms with Crippen LogP contribution in [0.5, 0.6) is 5.88 Å². The number of pyridine rings is 1. The summed E-state index contributed by atoms with van der Waals surface area (Å²) in [5.74, 6) is 0.180. The largest absolute Gasteiger partial charge is 0.471 e. The van der Waals surface area contributed by atoms with Gasteiger partial charge in [0.25, 0.3) is 5.88 Å². The van der Waals surface area contributed by atoms with Crippen LogP contribution in [0.1, 0.15) is 0 Å². The molecule has 4 heterocycles. The number of benzene rings is 1. The Labute approximate surface area is 180 Å². The van der Waals surface area contributed by atoms with Gasteiger partial charge in [0.15, 0.2) is 6.10 Å². The number of carbonyl (C=O) groups is 1. The summed E-state index contributed by atoms with van der Waals surface area (Å²) < 4.78 is 30.3. The Hall–Kier alpha value is -4.35. The highest BCUT2D eigenvalue weighted by Gasteiger charge is 2.33. The molecule has 1 atom stereocenters. The van der Waals surface area contributed by atoms with Gasteiger partial charge in [0.2, 0.25) is 5.82 Å². The molecule has 0 aliphatic carbocycles. The molecule has 0 radical (unpaired) electrons. The number of cyclic esters (lactones) is 1. The van der Waals surface area contributed by atoms with E-state index in [1.54, 1.807) is 37.4 Å². The van der Waals surface area contributed by atoms with Crippen LogP contribution in [0.3, 0.4) is 0 Å². The van der Waals surface area contributed by atoms with Gasteiger partial charge in [-0.2, -0.15) is 4.80 Å². The summed E-state index contributed by atoms with van der Waals surface area (Å²) in [4.78, 5) is 19.2. The Kier molecular flexibility index (Phi) is 4.94. The Bertz CT molecular complexity index is 1240. The molecule has 4 aromatic rings. The Morgan fingerprint density at radius 1 is 1.25 bits per heavy atom. The van der Waals surface area contributed by atoms with Crippen molar-refractivity contribution >= 4 is 11.8 Å². The van der Waals surface area contributed by atoms with Crippen LogP contribution < -0.4 is 9.64 Å². The molecule has 0 spiro atoms. The number of hydrogen-bond donors (Lipinski definition) is 0. The number of halogens is 1. The van der Waals surface area contributed by atoms with Crippen molar-refractivity contribution < 1.29 is 23.2 Å². The molecule has 0 N–H and O–H groups in total. The number of anilines is 1. The highest BCUT2D eigenvalue weighted by atomic mass is 19.1. The first-order valence-electron chi connectivity index (χ1n) is 9.58. The van der Waals surface area contributed by atoms with E-state index in [2.05, 4.69) is 30.1 Å². The van der Waals surface area contributed by atoms with Crippen molar-refractivity contribution in [2.75, 3.05) is 18.1 Å². The third-order valence-corrected chi connectivity index (χ3v) is 4.78. The predicted molar refractivity (Wildman–Crippen MR) is 107 cm³/mol. The fraction of sp³-hybridized carbons (Fsp3) is 0.200. The van der Waals surface area contributed by atoms with E-state index >= 15 is 0 Å². The molecule has 1 aliphatic heterocycles. The molecule has 1 amide bonds. The summed E-state index contributed by atoms with van der Waals surface area (Å²) >= 11 is 0. The van der Waals surface area contributed by atoms with Crippen LogP contribution in [-0.2, 0) is 11.8 Å². The zero-order valence-corrected chi connectivity index (χ0v) is 16.8. The van der Waals surface area contributed by atoms with Gasteiger partial charge in [-0.1, -0.05) is 6.07 Å². The second kappa shape index (κ2) is 8.06. The maximum atomic E-state index is 14.9. The number of nitrogens with zero attached hydrogens (tertiary/aromatic N) is 7. The SMILES string of the molecule is Cn1nnc(-c2ccc(-c3ccc(N4C[C@H](COc5ccon5)OC4=O)cc3F)cn2)n1. The van der Waals surface area contributed by atoms with Crippen LogP contribution in [-0.4, -0.2) is 55.7 Å². The molecule has 1 fully saturated rings. The van der Waals surface area contributed by atoms with E-state index in [0.717, 1.165) is 0 Å². The molecule has 1 saturated heterocycles. The summed E-state index contributed by atoms with van der Waals surface area (Å²) in [5, 5.41) is 15.4. The fourth-order valence-corrected chi connectivity index (χ4v) is 3.25. The molecule has 1 aliphatic rings. The molecule has 0 unspecified atom stereocenters. The van der Waals surface area contributed by atoms with Crippen LogP contribution in [0.15, 0.2) is 53.4 Å². The average molecular weight is 437 g/mol. The third-order valence-electron chi connectivity index (χ3n) is 4.78. The maximum absolute atomic E-state index is 14.9. The number of tetrazole rings is 1. The first-order chi connectivity index (χ1) is 15.6. The van der Waals surface area contributed by atoms with Crippen LogP contribution in [0.4, 0.5) is 14.9 Å². The van der Waals surface area contributed by atoms with Crippen LogP contribution in [0.2, 0.25) is 0 Å². The molecule has 5 rings (SSSR count). The molecule has 0 saturated carbocycles. The second-order valence-electron chi connectivity index (χ2n) is 6.96. The van der Waals surface area contributed by atoms with E-state index in [9.17, 15) is 9.18 Å². The lowest BCUT2D eigenvalue weighted by atomic mass is 10.1. The van der Waals surface area contributed by atoms with E-state index in [4.69, 9.17) is 9.47 Å². The van der Waals surface area contributed by atoms with Gasteiger partial charge in [0.05, 0.1) is 19.3 Å². The Morgan fingerprint density at radius 2 is 2.16 bits per heavy atom. The van der Waals surface area contributed by atoms with Crippen molar-refractivity contribution in [3.63, 3.8) is 0 Å². The summed E-state index contributed by atoms with van der Waals surface area (Å²) in [6.45, 7) is 0.324. The molecular formula is C20H16FN7O4. The number of ether oxygens (including phenoxy) is 2. The molecule has 11 nitrogen and oxygen atoms in total. The Morgan fingerprint density at radius 3 is 2.84 bits per heavy atom. The summed E-state index contributed by atoms with van der Waals surface area (Å²) in [6.07, 6.45) is 1.81. The molecular weight excluding hydrogens is 421 g/mol. The lowest BCUT2D eigenvalue weighted by molar-refractivity contribution is 0.102. The minimum Gasteiger partial charge on any atom is -0.471 e. The normalized spacial score (nSPS) is 15.8. The number of rotatable bonds is 6. The van der Waals surface area contributed by atoms with Crippen molar-refractivity contribution in [3.05, 3.63) is 54.7 Å². The van der Waals surface area contributed by atoms with E-state index in [1.807, 2.05) is 0 Å². The van der Waals surface area contributed by atoms with Gasteiger partial charge in [-0.3, -0.25) is 9.88 Å². The first kappa shape index (κ1) is 19.6. The summed E-state index contributed by atoms with van der Waals surface area (Å²) in [5.41, 5.74) is 1.83. The van der Waals surface area contributed by atoms with E-state index in [1.165, 1.54) is 28.2 Å². The van der Waals surface area contributed by atoms with Crippen LogP contribution >= 0.6 is 0 Å².